The fourth-order valence-corrected chi connectivity index (χ4v) is 2.37. The number of hydrogen-bond donors (Lipinski definition) is 1. The Kier molecular flexibility index (Phi) is 4.24. The molecule has 0 spiro atoms. The highest BCUT2D eigenvalue weighted by molar-refractivity contribution is 5.89. The van der Waals surface area contributed by atoms with Gasteiger partial charge < -0.3 is 5.11 Å². The number of fused-ring (bicyclic) bond motifs is 1. The van der Waals surface area contributed by atoms with Crippen molar-refractivity contribution in [3.63, 3.8) is 0 Å². The molecule has 0 bridgehead atoms. The van der Waals surface area contributed by atoms with Crippen molar-refractivity contribution in [2.45, 2.75) is 39.5 Å². The monoisotopic (exact) mass is 242 g/mol. The fourth-order valence-electron chi connectivity index (χ4n) is 2.37. The van der Waals surface area contributed by atoms with E-state index < -0.39 is 0 Å². The van der Waals surface area contributed by atoms with E-state index in [1.54, 1.807) is 0 Å². The third-order valence-electron chi connectivity index (χ3n) is 3.46. The van der Waals surface area contributed by atoms with E-state index in [-0.39, 0.29) is 0 Å². The van der Waals surface area contributed by atoms with Gasteiger partial charge in [-0.15, -0.1) is 0 Å². The van der Waals surface area contributed by atoms with Crippen LogP contribution < -0.4 is 0 Å². The molecular formula is C17H22O. The van der Waals surface area contributed by atoms with E-state index >= 15 is 0 Å². The first kappa shape index (κ1) is 12.9. The van der Waals surface area contributed by atoms with Gasteiger partial charge in [0.05, 0.1) is 0 Å². The number of phenolic OH excluding ortho intramolecular Hbond substituents is 1. The second-order valence-corrected chi connectivity index (χ2v) is 5.43. The first-order chi connectivity index (χ1) is 8.68. The van der Waals surface area contributed by atoms with Crippen molar-refractivity contribution in [1.82, 2.24) is 0 Å². The number of hydrogen-bond acceptors (Lipinski definition) is 1. The molecule has 18 heavy (non-hydrogen) atoms. The van der Waals surface area contributed by atoms with Crippen molar-refractivity contribution in [2.24, 2.45) is 5.92 Å². The van der Waals surface area contributed by atoms with E-state index in [0.717, 1.165) is 35.1 Å². The lowest BCUT2D eigenvalue weighted by atomic mass is 9.99. The van der Waals surface area contributed by atoms with Gasteiger partial charge in [0.25, 0.3) is 0 Å². The fraction of sp³-hybridized carbons (Fsp3) is 0.412. The summed E-state index contributed by atoms with van der Waals surface area (Å²) in [7, 11) is 0. The number of unbranched alkanes of at least 4 members (excludes halogenated alkanes) is 1. The van der Waals surface area contributed by atoms with Crippen LogP contribution in [-0.2, 0) is 6.42 Å². The minimum absolute atomic E-state index is 0.470. The largest absolute Gasteiger partial charge is 0.507 e. The number of phenols is 1. The van der Waals surface area contributed by atoms with Crippen molar-refractivity contribution in [3.05, 3.63) is 42.0 Å². The topological polar surface area (TPSA) is 20.2 Å². The maximum Gasteiger partial charge on any atom is 0.126 e. The van der Waals surface area contributed by atoms with Crippen LogP contribution in [-0.4, -0.2) is 5.11 Å². The number of benzene rings is 2. The lowest BCUT2D eigenvalue weighted by Crippen LogP contribution is -1.91. The van der Waals surface area contributed by atoms with E-state index in [9.17, 15) is 5.11 Å². The first-order valence-electron chi connectivity index (χ1n) is 6.88. The van der Waals surface area contributed by atoms with Gasteiger partial charge in [-0.2, -0.15) is 0 Å². The van der Waals surface area contributed by atoms with Crippen molar-refractivity contribution in [3.8, 4) is 5.75 Å². The van der Waals surface area contributed by atoms with Crippen LogP contribution in [0.3, 0.4) is 0 Å². The quantitative estimate of drug-likeness (QED) is 0.738. The zero-order valence-electron chi connectivity index (χ0n) is 11.3. The van der Waals surface area contributed by atoms with E-state index in [1.165, 1.54) is 12.8 Å². The van der Waals surface area contributed by atoms with Crippen LogP contribution in [0.25, 0.3) is 10.8 Å². The summed E-state index contributed by atoms with van der Waals surface area (Å²) in [4.78, 5) is 0. The van der Waals surface area contributed by atoms with Gasteiger partial charge in [-0.05, 0) is 29.7 Å². The predicted molar refractivity (Wildman–Crippen MR) is 78.0 cm³/mol. The Balaban J connectivity index is 2.07. The number of rotatable bonds is 5. The second kappa shape index (κ2) is 5.90. The molecule has 0 unspecified atom stereocenters. The van der Waals surface area contributed by atoms with Gasteiger partial charge in [0.15, 0.2) is 0 Å². The van der Waals surface area contributed by atoms with Crippen LogP contribution in [0.1, 0.15) is 38.7 Å². The van der Waals surface area contributed by atoms with Crippen molar-refractivity contribution in [2.75, 3.05) is 0 Å². The van der Waals surface area contributed by atoms with Gasteiger partial charge in [0, 0.05) is 5.39 Å². The third-order valence-corrected chi connectivity index (χ3v) is 3.46. The average Bonchev–Trinajstić information content (AvgIpc) is 2.37. The molecule has 0 aliphatic heterocycles. The molecule has 1 nitrogen and oxygen atoms in total. The molecule has 0 aromatic heterocycles. The first-order valence-corrected chi connectivity index (χ1v) is 6.88. The molecule has 2 rings (SSSR count). The predicted octanol–water partition coefficient (Wildman–Crippen LogP) is 4.91. The van der Waals surface area contributed by atoms with Crippen molar-refractivity contribution in [1.29, 1.82) is 0 Å². The van der Waals surface area contributed by atoms with E-state index in [4.69, 9.17) is 0 Å². The highest BCUT2D eigenvalue weighted by Gasteiger charge is 2.05. The third kappa shape index (κ3) is 3.04. The Morgan fingerprint density at radius 3 is 2.56 bits per heavy atom. The molecule has 2 aromatic carbocycles. The summed E-state index contributed by atoms with van der Waals surface area (Å²) >= 11 is 0. The van der Waals surface area contributed by atoms with Gasteiger partial charge in [0.1, 0.15) is 5.75 Å². The molecule has 0 aliphatic rings. The molecular weight excluding hydrogens is 220 g/mol. The van der Waals surface area contributed by atoms with Crippen molar-refractivity contribution < 1.29 is 5.11 Å². The normalized spacial score (nSPS) is 11.3. The molecule has 1 heteroatoms. The molecule has 2 aromatic rings. The highest BCUT2D eigenvalue weighted by Crippen LogP contribution is 2.29. The lowest BCUT2D eigenvalue weighted by Gasteiger charge is -2.08. The average molecular weight is 242 g/mol. The molecule has 0 aliphatic carbocycles. The summed E-state index contributed by atoms with van der Waals surface area (Å²) in [5.41, 5.74) is 1.08. The summed E-state index contributed by atoms with van der Waals surface area (Å²) in [6.45, 7) is 4.51. The lowest BCUT2D eigenvalue weighted by molar-refractivity contribution is 0.470. The van der Waals surface area contributed by atoms with Crippen LogP contribution in [0.5, 0.6) is 5.75 Å². The highest BCUT2D eigenvalue weighted by atomic mass is 16.3. The Labute approximate surface area is 109 Å². The Hall–Kier alpha value is -1.50. The van der Waals surface area contributed by atoms with Crippen LogP contribution in [0.4, 0.5) is 0 Å². The molecule has 0 saturated carbocycles. The summed E-state index contributed by atoms with van der Waals surface area (Å²) in [6.07, 6.45) is 4.64. The zero-order chi connectivity index (χ0) is 13.0. The van der Waals surface area contributed by atoms with E-state index in [0.29, 0.717) is 5.75 Å². The molecule has 0 amide bonds. The number of aryl methyl sites for hydroxylation is 1. The van der Waals surface area contributed by atoms with Gasteiger partial charge in [-0.3, -0.25) is 0 Å². The standard InChI is InChI=1S/C17H22O/c1-13(2)7-3-4-9-15-12-11-14-8-5-6-10-16(14)17(15)18/h5-6,8,10-13,18H,3-4,7,9H2,1-2H3. The Bertz CT molecular complexity index is 514. The summed E-state index contributed by atoms with van der Waals surface area (Å²) in [6, 6.07) is 12.2. The van der Waals surface area contributed by atoms with Crippen LogP contribution in [0.15, 0.2) is 36.4 Å². The Morgan fingerprint density at radius 1 is 1.00 bits per heavy atom. The molecule has 96 valence electrons. The van der Waals surface area contributed by atoms with Crippen LogP contribution in [0.2, 0.25) is 0 Å². The summed E-state index contributed by atoms with van der Waals surface area (Å²) in [5, 5.41) is 12.3. The summed E-state index contributed by atoms with van der Waals surface area (Å²) < 4.78 is 0. The van der Waals surface area contributed by atoms with Gasteiger partial charge in [0.2, 0.25) is 0 Å². The minimum Gasteiger partial charge on any atom is -0.507 e. The molecule has 0 fully saturated rings. The van der Waals surface area contributed by atoms with Gasteiger partial charge in [-0.1, -0.05) is 63.1 Å². The van der Waals surface area contributed by atoms with Crippen molar-refractivity contribution >= 4 is 10.8 Å². The SMILES string of the molecule is CC(C)CCCCc1ccc2ccccc2c1O. The molecule has 0 saturated heterocycles. The maximum atomic E-state index is 10.3. The number of aromatic hydroxyl groups is 1. The molecule has 1 N–H and O–H groups in total. The minimum atomic E-state index is 0.470. The smallest absolute Gasteiger partial charge is 0.126 e. The van der Waals surface area contributed by atoms with Crippen LogP contribution in [0, 0.1) is 5.92 Å². The van der Waals surface area contributed by atoms with Gasteiger partial charge in [-0.25, -0.2) is 0 Å². The van der Waals surface area contributed by atoms with Crippen LogP contribution >= 0.6 is 0 Å². The maximum absolute atomic E-state index is 10.3. The van der Waals surface area contributed by atoms with E-state index in [1.807, 2.05) is 24.3 Å². The zero-order valence-corrected chi connectivity index (χ0v) is 11.3. The second-order valence-electron chi connectivity index (χ2n) is 5.43. The van der Waals surface area contributed by atoms with Gasteiger partial charge >= 0.3 is 0 Å². The summed E-state index contributed by atoms with van der Waals surface area (Å²) in [5.74, 6) is 1.24. The molecule has 0 atom stereocenters. The van der Waals surface area contributed by atoms with E-state index in [2.05, 4.69) is 26.0 Å². The Morgan fingerprint density at radius 2 is 1.78 bits per heavy atom. The molecule has 0 heterocycles. The molecule has 0 radical (unpaired) electrons.